The van der Waals surface area contributed by atoms with Crippen LogP contribution in [-0.2, 0) is 18.4 Å². The molecule has 1 aliphatic carbocycles. The lowest BCUT2D eigenvalue weighted by atomic mass is 10.0. The zero-order valence-corrected chi connectivity index (χ0v) is 13.0. The van der Waals surface area contributed by atoms with Gasteiger partial charge in [-0.3, -0.25) is 9.78 Å². The normalized spacial score (nSPS) is 18.1. The Morgan fingerprint density at radius 3 is 3.00 bits per heavy atom. The van der Waals surface area contributed by atoms with Gasteiger partial charge in [0.25, 0.3) is 5.56 Å². The number of hydrogen-bond donors (Lipinski definition) is 2. The van der Waals surface area contributed by atoms with Crippen LogP contribution in [0, 0.1) is 5.82 Å². The molecule has 2 amide bonds. The summed E-state index contributed by atoms with van der Waals surface area (Å²) in [6, 6.07) is 2.87. The molecule has 1 saturated carbocycles. The molecule has 2 aromatic rings. The largest absolute Gasteiger partial charge is 0.381 e. The van der Waals surface area contributed by atoms with Gasteiger partial charge in [-0.1, -0.05) is 0 Å². The molecule has 4 rings (SSSR count). The molecule has 3 heterocycles. The summed E-state index contributed by atoms with van der Waals surface area (Å²) < 4.78 is 18.1. The van der Waals surface area contributed by atoms with Crippen molar-refractivity contribution in [2.75, 3.05) is 13.1 Å². The Hall–Kier alpha value is -2.64. The second-order valence-electron chi connectivity index (χ2n) is 6.41. The fraction of sp³-hybridized carbons (Fsp3) is 0.438. The first kappa shape index (κ1) is 14.9. The minimum absolute atomic E-state index is 0.190. The van der Waals surface area contributed by atoms with Gasteiger partial charge in [-0.2, -0.15) is 5.16 Å². The predicted molar refractivity (Wildman–Crippen MR) is 81.9 cm³/mol. The summed E-state index contributed by atoms with van der Waals surface area (Å²) in [5.41, 5.74) is 1.02. The van der Waals surface area contributed by atoms with E-state index in [1.54, 1.807) is 11.0 Å². The number of nitrogens with zero attached hydrogens (tertiary/aromatic N) is 2. The van der Waals surface area contributed by atoms with E-state index in [1.807, 2.05) is 0 Å². The molecule has 8 heteroatoms. The molecule has 0 radical (unpaired) electrons. The molecule has 2 aliphatic rings. The average molecular weight is 332 g/mol. The summed E-state index contributed by atoms with van der Waals surface area (Å²) in [5, 5.41) is 5.23. The number of hydrogen-bond acceptors (Lipinski definition) is 4. The third-order valence-electron chi connectivity index (χ3n) is 4.83. The lowest BCUT2D eigenvalue weighted by Crippen LogP contribution is -2.45. The van der Waals surface area contributed by atoms with E-state index in [1.165, 1.54) is 12.3 Å². The van der Waals surface area contributed by atoms with Crippen molar-refractivity contribution in [1.29, 1.82) is 0 Å². The van der Waals surface area contributed by atoms with E-state index in [0.717, 1.165) is 18.5 Å². The number of nitrogens with one attached hydrogen (secondary N) is 2. The molecule has 0 saturated heterocycles. The minimum atomic E-state index is -0.365. The summed E-state index contributed by atoms with van der Waals surface area (Å²) in [4.78, 5) is 29.6. The van der Waals surface area contributed by atoms with Crippen molar-refractivity contribution >= 4 is 6.03 Å². The standard InChI is InChI=1S/C16H17FN4O3/c17-10-1-2-13(18-7-10)16(4-5-16)9-19-15(23)21-6-3-11-12(8-21)24-20-14(11)22/h1-2,7H,3-6,8-9H2,(H,19,23)(H,20,22). The van der Waals surface area contributed by atoms with Gasteiger partial charge in [-0.05, 0) is 31.4 Å². The van der Waals surface area contributed by atoms with Crippen LogP contribution in [0.2, 0.25) is 0 Å². The molecule has 0 aromatic carbocycles. The van der Waals surface area contributed by atoms with Crippen LogP contribution in [0.5, 0.6) is 0 Å². The molecule has 7 nitrogen and oxygen atoms in total. The lowest BCUT2D eigenvalue weighted by Gasteiger charge is -2.26. The van der Waals surface area contributed by atoms with Gasteiger partial charge in [0, 0.05) is 24.2 Å². The SMILES string of the molecule is O=C(NCC1(c2ccc(F)cn2)CC1)N1CCc2c(o[nH]c2=O)C1. The van der Waals surface area contributed by atoms with Crippen LogP contribution in [0.1, 0.15) is 29.9 Å². The van der Waals surface area contributed by atoms with Crippen molar-refractivity contribution in [1.82, 2.24) is 20.4 Å². The Kier molecular flexibility index (Phi) is 3.40. The highest BCUT2D eigenvalue weighted by atomic mass is 19.1. The maximum atomic E-state index is 13.0. The highest BCUT2D eigenvalue weighted by molar-refractivity contribution is 5.74. The van der Waals surface area contributed by atoms with E-state index in [2.05, 4.69) is 15.5 Å². The Bertz CT molecular complexity index is 823. The van der Waals surface area contributed by atoms with Crippen LogP contribution in [0.3, 0.4) is 0 Å². The molecule has 1 fully saturated rings. The number of rotatable bonds is 3. The summed E-state index contributed by atoms with van der Waals surface area (Å²) in [6.45, 7) is 1.22. The number of carbonyl (C=O) groups excluding carboxylic acids is 1. The van der Waals surface area contributed by atoms with Gasteiger partial charge in [0.15, 0.2) is 5.76 Å². The maximum Gasteiger partial charge on any atom is 0.317 e. The van der Waals surface area contributed by atoms with Crippen LogP contribution in [0.4, 0.5) is 9.18 Å². The first-order valence-corrected chi connectivity index (χ1v) is 7.91. The quantitative estimate of drug-likeness (QED) is 0.886. The molecule has 126 valence electrons. The predicted octanol–water partition coefficient (Wildman–Crippen LogP) is 1.30. The van der Waals surface area contributed by atoms with Crippen molar-refractivity contribution in [3.63, 3.8) is 0 Å². The molecular formula is C16H17FN4O3. The van der Waals surface area contributed by atoms with Crippen LogP contribution < -0.4 is 10.9 Å². The lowest BCUT2D eigenvalue weighted by molar-refractivity contribution is 0.182. The van der Waals surface area contributed by atoms with Gasteiger partial charge in [0.1, 0.15) is 5.82 Å². The summed E-state index contributed by atoms with van der Waals surface area (Å²) in [6.07, 6.45) is 3.53. The van der Waals surface area contributed by atoms with Crippen LogP contribution in [0.15, 0.2) is 27.6 Å². The fourth-order valence-corrected chi connectivity index (χ4v) is 3.13. The van der Waals surface area contributed by atoms with Gasteiger partial charge in [-0.25, -0.2) is 9.18 Å². The monoisotopic (exact) mass is 332 g/mol. The second-order valence-corrected chi connectivity index (χ2v) is 6.41. The highest BCUT2D eigenvalue weighted by Gasteiger charge is 2.46. The van der Waals surface area contributed by atoms with Crippen molar-refractivity contribution in [2.24, 2.45) is 0 Å². The van der Waals surface area contributed by atoms with Crippen molar-refractivity contribution < 1.29 is 13.7 Å². The Labute approximate surface area is 136 Å². The summed E-state index contributed by atoms with van der Waals surface area (Å²) in [5.74, 6) is 0.151. The van der Waals surface area contributed by atoms with Gasteiger partial charge < -0.3 is 14.7 Å². The summed E-state index contributed by atoms with van der Waals surface area (Å²) >= 11 is 0. The molecular weight excluding hydrogens is 315 g/mol. The zero-order valence-electron chi connectivity index (χ0n) is 13.0. The van der Waals surface area contributed by atoms with Gasteiger partial charge in [0.2, 0.25) is 0 Å². The first-order chi connectivity index (χ1) is 11.6. The first-order valence-electron chi connectivity index (χ1n) is 7.91. The average Bonchev–Trinajstić information content (AvgIpc) is 3.30. The molecule has 1 aliphatic heterocycles. The van der Waals surface area contributed by atoms with Gasteiger partial charge in [0.05, 0.1) is 18.3 Å². The Morgan fingerprint density at radius 2 is 2.29 bits per heavy atom. The molecule has 0 atom stereocenters. The number of urea groups is 1. The number of amides is 2. The van der Waals surface area contributed by atoms with Crippen LogP contribution in [0.25, 0.3) is 0 Å². The van der Waals surface area contributed by atoms with E-state index in [4.69, 9.17) is 4.52 Å². The van der Waals surface area contributed by atoms with E-state index in [0.29, 0.717) is 30.8 Å². The molecule has 0 bridgehead atoms. The molecule has 2 N–H and O–H groups in total. The number of carbonyl (C=O) groups is 1. The van der Waals surface area contributed by atoms with Crippen LogP contribution >= 0.6 is 0 Å². The van der Waals surface area contributed by atoms with Crippen molar-refractivity contribution in [3.8, 4) is 0 Å². The molecule has 24 heavy (non-hydrogen) atoms. The van der Waals surface area contributed by atoms with Crippen molar-refractivity contribution in [2.45, 2.75) is 31.2 Å². The highest BCUT2D eigenvalue weighted by Crippen LogP contribution is 2.46. The summed E-state index contributed by atoms with van der Waals surface area (Å²) in [7, 11) is 0. The fourth-order valence-electron chi connectivity index (χ4n) is 3.13. The third-order valence-corrected chi connectivity index (χ3v) is 4.83. The Balaban J connectivity index is 1.39. The van der Waals surface area contributed by atoms with E-state index < -0.39 is 0 Å². The number of aromatic amines is 1. The topological polar surface area (TPSA) is 91.2 Å². The number of fused-ring (bicyclic) bond motifs is 1. The number of pyridine rings is 1. The van der Waals surface area contributed by atoms with Gasteiger partial charge >= 0.3 is 6.03 Å². The third kappa shape index (κ3) is 2.57. The van der Waals surface area contributed by atoms with Gasteiger partial charge in [-0.15, -0.1) is 0 Å². The maximum absolute atomic E-state index is 13.0. The minimum Gasteiger partial charge on any atom is -0.381 e. The van der Waals surface area contributed by atoms with Crippen LogP contribution in [-0.4, -0.2) is 34.2 Å². The second kappa shape index (κ2) is 5.47. The molecule has 0 unspecified atom stereocenters. The number of aromatic nitrogens is 2. The number of halogens is 1. The molecule has 0 spiro atoms. The smallest absolute Gasteiger partial charge is 0.317 e. The Morgan fingerprint density at radius 1 is 1.46 bits per heavy atom. The number of H-pyrrole nitrogens is 1. The van der Waals surface area contributed by atoms with E-state index >= 15 is 0 Å². The van der Waals surface area contributed by atoms with Crippen molar-refractivity contribution in [3.05, 3.63) is 51.5 Å². The molecule has 2 aromatic heterocycles. The van der Waals surface area contributed by atoms with E-state index in [9.17, 15) is 14.0 Å². The zero-order chi connectivity index (χ0) is 16.7. The van der Waals surface area contributed by atoms with E-state index in [-0.39, 0.29) is 29.4 Å².